The van der Waals surface area contributed by atoms with Gasteiger partial charge in [-0.15, -0.1) is 6.58 Å². The number of sulfonamides is 1. The average molecular weight is 352 g/mol. The number of benzene rings is 1. The van der Waals surface area contributed by atoms with Crippen molar-refractivity contribution >= 4 is 15.9 Å². The summed E-state index contributed by atoms with van der Waals surface area (Å²) in [6, 6.07) is 4.32. The van der Waals surface area contributed by atoms with Gasteiger partial charge in [-0.25, -0.2) is 13.1 Å². The highest BCUT2D eigenvalue weighted by molar-refractivity contribution is 7.89. The maximum Gasteiger partial charge on any atom is 0.251 e. The van der Waals surface area contributed by atoms with Crippen LogP contribution in [-0.4, -0.2) is 34.0 Å². The molecular weight excluding hydrogens is 328 g/mol. The second kappa shape index (κ2) is 8.30. The van der Waals surface area contributed by atoms with Crippen molar-refractivity contribution in [3.8, 4) is 5.75 Å². The molecule has 0 spiro atoms. The van der Waals surface area contributed by atoms with Gasteiger partial charge in [0.2, 0.25) is 10.0 Å². The smallest absolute Gasteiger partial charge is 0.251 e. The first-order valence-corrected chi connectivity index (χ1v) is 9.55. The zero-order valence-corrected chi connectivity index (χ0v) is 14.7. The van der Waals surface area contributed by atoms with E-state index in [9.17, 15) is 13.2 Å². The van der Waals surface area contributed by atoms with Crippen LogP contribution in [0.2, 0.25) is 0 Å². The van der Waals surface area contributed by atoms with Crippen LogP contribution in [-0.2, 0) is 10.0 Å². The first kappa shape index (κ1) is 18.5. The Morgan fingerprint density at radius 1 is 1.33 bits per heavy atom. The van der Waals surface area contributed by atoms with Crippen LogP contribution in [0.5, 0.6) is 5.75 Å². The summed E-state index contributed by atoms with van der Waals surface area (Å²) in [5.41, 5.74) is 0.265. The number of nitrogens with one attached hydrogen (secondary N) is 2. The molecule has 2 rings (SSSR count). The lowest BCUT2D eigenvalue weighted by atomic mass is 9.96. The molecule has 6 nitrogen and oxygen atoms in total. The monoisotopic (exact) mass is 352 g/mol. The maximum atomic E-state index is 12.7. The number of ether oxygens (including phenoxy) is 1. The van der Waals surface area contributed by atoms with Gasteiger partial charge < -0.3 is 10.1 Å². The molecule has 2 N–H and O–H groups in total. The lowest BCUT2D eigenvalue weighted by Crippen LogP contribution is -2.36. The van der Waals surface area contributed by atoms with E-state index >= 15 is 0 Å². The predicted octanol–water partition coefficient (Wildman–Crippen LogP) is 2.22. The van der Waals surface area contributed by atoms with Crippen molar-refractivity contribution in [2.45, 2.75) is 43.0 Å². The number of rotatable bonds is 7. The lowest BCUT2D eigenvalue weighted by Gasteiger charge is -2.23. The third-order valence-corrected chi connectivity index (χ3v) is 5.59. The maximum absolute atomic E-state index is 12.7. The quantitative estimate of drug-likeness (QED) is 0.737. The molecule has 0 atom stereocenters. The fourth-order valence-electron chi connectivity index (χ4n) is 2.80. The Labute approximate surface area is 143 Å². The van der Waals surface area contributed by atoms with E-state index in [1.54, 1.807) is 6.08 Å². The van der Waals surface area contributed by atoms with E-state index in [-0.39, 0.29) is 28.2 Å². The summed E-state index contributed by atoms with van der Waals surface area (Å²) in [7, 11) is -2.35. The van der Waals surface area contributed by atoms with E-state index in [2.05, 4.69) is 16.6 Å². The summed E-state index contributed by atoms with van der Waals surface area (Å²) in [4.78, 5) is 12.0. The minimum Gasteiger partial charge on any atom is -0.495 e. The SMILES string of the molecule is C=CCNC(=O)c1ccc(OC)c(S(=O)(=O)NC2CCCCC2)c1. The van der Waals surface area contributed by atoms with E-state index in [1.807, 2.05) is 0 Å². The predicted molar refractivity (Wildman–Crippen MR) is 92.7 cm³/mol. The summed E-state index contributed by atoms with van der Waals surface area (Å²) < 4.78 is 33.4. The number of amides is 1. The van der Waals surface area contributed by atoms with Crippen molar-refractivity contribution in [3.63, 3.8) is 0 Å². The summed E-state index contributed by atoms with van der Waals surface area (Å²) >= 11 is 0. The fraction of sp³-hybridized carbons (Fsp3) is 0.471. The molecule has 0 bridgehead atoms. The second-order valence-electron chi connectivity index (χ2n) is 5.82. The van der Waals surface area contributed by atoms with Crippen LogP contribution in [0.3, 0.4) is 0 Å². The molecule has 24 heavy (non-hydrogen) atoms. The molecule has 1 aromatic carbocycles. The molecule has 1 aliphatic carbocycles. The van der Waals surface area contributed by atoms with Crippen molar-refractivity contribution in [1.82, 2.24) is 10.0 Å². The van der Waals surface area contributed by atoms with Gasteiger partial charge in [0.05, 0.1) is 7.11 Å². The molecule has 132 valence electrons. The molecule has 1 amide bonds. The summed E-state index contributed by atoms with van der Waals surface area (Å²) in [5, 5.41) is 2.63. The Hall–Kier alpha value is -1.86. The van der Waals surface area contributed by atoms with Gasteiger partial charge in [-0.2, -0.15) is 0 Å². The Balaban J connectivity index is 2.28. The van der Waals surface area contributed by atoms with Crippen LogP contribution in [0.25, 0.3) is 0 Å². The number of carbonyl (C=O) groups is 1. The zero-order valence-electron chi connectivity index (χ0n) is 13.9. The van der Waals surface area contributed by atoms with Gasteiger partial charge in [0.25, 0.3) is 5.91 Å². The van der Waals surface area contributed by atoms with Crippen molar-refractivity contribution in [3.05, 3.63) is 36.4 Å². The molecule has 0 heterocycles. The summed E-state index contributed by atoms with van der Waals surface area (Å²) in [6.45, 7) is 3.85. The van der Waals surface area contributed by atoms with E-state index in [4.69, 9.17) is 4.74 Å². The second-order valence-corrected chi connectivity index (χ2v) is 7.50. The van der Waals surface area contributed by atoms with Crippen LogP contribution in [0.15, 0.2) is 35.7 Å². The molecule has 0 radical (unpaired) electrons. The fourth-order valence-corrected chi connectivity index (χ4v) is 4.30. The average Bonchev–Trinajstić information content (AvgIpc) is 2.59. The zero-order chi connectivity index (χ0) is 17.6. The van der Waals surface area contributed by atoms with Gasteiger partial charge >= 0.3 is 0 Å². The van der Waals surface area contributed by atoms with Gasteiger partial charge in [0.15, 0.2) is 0 Å². The largest absolute Gasteiger partial charge is 0.495 e. The van der Waals surface area contributed by atoms with Crippen molar-refractivity contribution < 1.29 is 17.9 Å². The molecule has 0 saturated heterocycles. The highest BCUT2D eigenvalue weighted by atomic mass is 32.2. The molecule has 1 saturated carbocycles. The van der Waals surface area contributed by atoms with Crippen molar-refractivity contribution in [2.24, 2.45) is 0 Å². The molecule has 7 heteroatoms. The first-order valence-electron chi connectivity index (χ1n) is 8.07. The number of carbonyl (C=O) groups excluding carboxylic acids is 1. The molecular formula is C17H24N2O4S. The first-order chi connectivity index (χ1) is 11.5. The van der Waals surface area contributed by atoms with E-state index in [0.29, 0.717) is 6.54 Å². The third-order valence-electron chi connectivity index (χ3n) is 4.05. The van der Waals surface area contributed by atoms with Crippen LogP contribution < -0.4 is 14.8 Å². The van der Waals surface area contributed by atoms with Gasteiger partial charge in [-0.05, 0) is 31.0 Å². The Bertz CT molecular complexity index is 695. The number of methoxy groups -OCH3 is 1. The van der Waals surface area contributed by atoms with E-state index < -0.39 is 10.0 Å². The Kier molecular flexibility index (Phi) is 6.39. The van der Waals surface area contributed by atoms with Crippen LogP contribution >= 0.6 is 0 Å². The van der Waals surface area contributed by atoms with Crippen LogP contribution in [0, 0.1) is 0 Å². The minimum absolute atomic E-state index is 0.0122. The number of hydrogen-bond donors (Lipinski definition) is 2. The van der Waals surface area contributed by atoms with Crippen LogP contribution in [0.4, 0.5) is 0 Å². The highest BCUT2D eigenvalue weighted by Gasteiger charge is 2.25. The van der Waals surface area contributed by atoms with Gasteiger partial charge in [0, 0.05) is 18.2 Å². The third kappa shape index (κ3) is 4.58. The molecule has 1 fully saturated rings. The van der Waals surface area contributed by atoms with Crippen LogP contribution in [0.1, 0.15) is 42.5 Å². The van der Waals surface area contributed by atoms with Crippen molar-refractivity contribution in [2.75, 3.05) is 13.7 Å². The lowest BCUT2D eigenvalue weighted by molar-refractivity contribution is 0.0957. The van der Waals surface area contributed by atoms with E-state index in [1.165, 1.54) is 25.3 Å². The highest BCUT2D eigenvalue weighted by Crippen LogP contribution is 2.27. The Morgan fingerprint density at radius 2 is 2.04 bits per heavy atom. The minimum atomic E-state index is -3.75. The molecule has 1 aliphatic rings. The normalized spacial score (nSPS) is 15.7. The molecule has 0 aliphatic heterocycles. The summed E-state index contributed by atoms with van der Waals surface area (Å²) in [5.74, 6) is -0.134. The molecule has 0 unspecified atom stereocenters. The van der Waals surface area contributed by atoms with E-state index in [0.717, 1.165) is 32.1 Å². The molecule has 1 aromatic rings. The molecule has 0 aromatic heterocycles. The standard InChI is InChI=1S/C17H24N2O4S/c1-3-11-18-17(20)13-9-10-15(23-2)16(12-13)24(21,22)19-14-7-5-4-6-8-14/h3,9-10,12,14,19H,1,4-8,11H2,2H3,(H,18,20). The van der Waals surface area contributed by atoms with Gasteiger partial charge in [-0.1, -0.05) is 25.3 Å². The topological polar surface area (TPSA) is 84.5 Å². The van der Waals surface area contributed by atoms with Gasteiger partial charge in [0.1, 0.15) is 10.6 Å². The number of hydrogen-bond acceptors (Lipinski definition) is 4. The summed E-state index contributed by atoms with van der Waals surface area (Å²) in [6.07, 6.45) is 6.41. The Morgan fingerprint density at radius 3 is 2.67 bits per heavy atom. The van der Waals surface area contributed by atoms with Crippen molar-refractivity contribution in [1.29, 1.82) is 0 Å². The van der Waals surface area contributed by atoms with Gasteiger partial charge in [-0.3, -0.25) is 4.79 Å².